The summed E-state index contributed by atoms with van der Waals surface area (Å²) >= 11 is 0. The van der Waals surface area contributed by atoms with Crippen molar-refractivity contribution in [2.45, 2.75) is 44.2 Å². The number of benzene rings is 1. The molecule has 0 spiro atoms. The van der Waals surface area contributed by atoms with E-state index < -0.39 is 21.8 Å². The number of allylic oxidation sites excluding steroid dienone is 2. The van der Waals surface area contributed by atoms with Crippen LogP contribution in [0.3, 0.4) is 0 Å². The van der Waals surface area contributed by atoms with E-state index in [0.29, 0.717) is 25.0 Å². The Hall–Kier alpha value is -2.13. The van der Waals surface area contributed by atoms with Gasteiger partial charge >= 0.3 is 6.18 Å². The smallest absolute Gasteiger partial charge is 0.359 e. The Morgan fingerprint density at radius 2 is 1.90 bits per heavy atom. The fourth-order valence-corrected chi connectivity index (χ4v) is 4.52. The molecule has 0 atom stereocenters. The number of alkyl halides is 3. The van der Waals surface area contributed by atoms with E-state index >= 15 is 0 Å². The van der Waals surface area contributed by atoms with Crippen LogP contribution in [0.25, 0.3) is 0 Å². The Balaban J connectivity index is 2.08. The third-order valence-corrected chi connectivity index (χ3v) is 7.09. The minimum atomic E-state index is -4.52. The van der Waals surface area contributed by atoms with Crippen molar-refractivity contribution in [1.29, 1.82) is 0 Å². The molecule has 1 aliphatic carbocycles. The van der Waals surface area contributed by atoms with Crippen LogP contribution in [-0.4, -0.2) is 56.3 Å². The van der Waals surface area contributed by atoms with Gasteiger partial charge in [0.2, 0.25) is 10.0 Å². The van der Waals surface area contributed by atoms with Gasteiger partial charge in [-0.2, -0.15) is 17.5 Å². The number of likely N-dealkylation sites (N-methyl/N-ethyl adjacent to an activating group) is 2. The van der Waals surface area contributed by atoms with Crippen molar-refractivity contribution in [2.24, 2.45) is 4.99 Å². The summed E-state index contributed by atoms with van der Waals surface area (Å²) in [5.41, 5.74) is 1.35. The van der Waals surface area contributed by atoms with Crippen LogP contribution in [0.15, 0.2) is 52.5 Å². The van der Waals surface area contributed by atoms with E-state index in [1.165, 1.54) is 16.9 Å². The molecule has 0 amide bonds. The molecule has 1 aromatic rings. The van der Waals surface area contributed by atoms with E-state index in [0.717, 1.165) is 31.0 Å². The highest BCUT2D eigenvalue weighted by atomic mass is 32.2. The Kier molecular flexibility index (Phi) is 7.87. The van der Waals surface area contributed by atoms with Gasteiger partial charge in [-0.1, -0.05) is 18.7 Å². The fraction of sp³-hybridized carbons (Fsp3) is 0.476. The predicted molar refractivity (Wildman–Crippen MR) is 113 cm³/mol. The minimum absolute atomic E-state index is 0.178. The standard InChI is InChI=1S/C21H28F3N3O2S/c1-5-19(21(22,23)24)15-25-16(3)27(6-2)13-12-26(4)30(28,29)20-11-10-17-8-7-9-18(17)14-20/h5,10-11,14-15H,1,6-9,12-13H2,2-4H3/b19-15+,25-16+. The number of amidine groups is 1. The van der Waals surface area contributed by atoms with Gasteiger partial charge in [0.1, 0.15) is 5.84 Å². The third-order valence-electron chi connectivity index (χ3n) is 5.24. The Labute approximate surface area is 176 Å². The largest absolute Gasteiger partial charge is 0.417 e. The number of aliphatic imine (C=N–C) groups is 1. The van der Waals surface area contributed by atoms with E-state index in [1.807, 2.05) is 13.0 Å². The minimum Gasteiger partial charge on any atom is -0.359 e. The summed E-state index contributed by atoms with van der Waals surface area (Å²) in [5.74, 6) is 0.365. The highest BCUT2D eigenvalue weighted by Crippen LogP contribution is 2.27. The van der Waals surface area contributed by atoms with Gasteiger partial charge in [-0.25, -0.2) is 13.4 Å². The van der Waals surface area contributed by atoms with E-state index in [4.69, 9.17) is 0 Å². The van der Waals surface area contributed by atoms with Crippen LogP contribution < -0.4 is 0 Å². The van der Waals surface area contributed by atoms with Gasteiger partial charge in [0, 0.05) is 32.9 Å². The second-order valence-corrected chi connectivity index (χ2v) is 9.20. The summed E-state index contributed by atoms with van der Waals surface area (Å²) in [6, 6.07) is 5.26. The molecular weight excluding hydrogens is 415 g/mol. The molecule has 0 heterocycles. The van der Waals surface area contributed by atoms with Gasteiger partial charge in [0.15, 0.2) is 0 Å². The molecule has 0 saturated heterocycles. The van der Waals surface area contributed by atoms with E-state index in [1.54, 1.807) is 24.0 Å². The SMILES string of the molecule is C=C/C(=C\N=C(/C)N(CC)CCN(C)S(=O)(=O)c1ccc2c(c1)CCC2)C(F)(F)F. The molecule has 0 unspecified atom stereocenters. The number of fused-ring (bicyclic) bond motifs is 1. The summed E-state index contributed by atoms with van der Waals surface area (Å²) < 4.78 is 65.4. The molecule has 2 rings (SSSR count). The van der Waals surface area contributed by atoms with Crippen LogP contribution in [0, 0.1) is 0 Å². The zero-order valence-corrected chi connectivity index (χ0v) is 18.4. The van der Waals surface area contributed by atoms with Gasteiger partial charge in [0.05, 0.1) is 10.5 Å². The molecule has 0 fully saturated rings. The van der Waals surface area contributed by atoms with Crippen molar-refractivity contribution in [2.75, 3.05) is 26.7 Å². The maximum absolute atomic E-state index is 12.9. The van der Waals surface area contributed by atoms with E-state index in [-0.39, 0.29) is 11.4 Å². The summed E-state index contributed by atoms with van der Waals surface area (Å²) in [6.07, 6.45) is -0.173. The first kappa shape index (κ1) is 24.1. The molecule has 30 heavy (non-hydrogen) atoms. The Morgan fingerprint density at radius 3 is 2.50 bits per heavy atom. The average Bonchev–Trinajstić information content (AvgIpc) is 3.15. The van der Waals surface area contributed by atoms with Crippen LogP contribution in [0.4, 0.5) is 13.2 Å². The zero-order valence-electron chi connectivity index (χ0n) is 17.5. The van der Waals surface area contributed by atoms with Gasteiger partial charge in [-0.15, -0.1) is 0 Å². The lowest BCUT2D eigenvalue weighted by Crippen LogP contribution is -2.38. The van der Waals surface area contributed by atoms with E-state index in [9.17, 15) is 21.6 Å². The van der Waals surface area contributed by atoms with Crippen molar-refractivity contribution < 1.29 is 21.6 Å². The molecule has 0 aromatic heterocycles. The monoisotopic (exact) mass is 443 g/mol. The third kappa shape index (κ3) is 5.72. The highest BCUT2D eigenvalue weighted by molar-refractivity contribution is 7.89. The molecule has 0 aliphatic heterocycles. The summed E-state index contributed by atoms with van der Waals surface area (Å²) in [4.78, 5) is 5.88. The van der Waals surface area contributed by atoms with Gasteiger partial charge in [-0.3, -0.25) is 0 Å². The van der Waals surface area contributed by atoms with Crippen molar-refractivity contribution in [3.63, 3.8) is 0 Å². The van der Waals surface area contributed by atoms with Crippen LogP contribution in [0.1, 0.15) is 31.4 Å². The zero-order chi connectivity index (χ0) is 22.5. The highest BCUT2D eigenvalue weighted by Gasteiger charge is 2.31. The quantitative estimate of drug-likeness (QED) is 0.344. The van der Waals surface area contributed by atoms with Crippen molar-refractivity contribution in [3.8, 4) is 0 Å². The lowest BCUT2D eigenvalue weighted by molar-refractivity contribution is -0.0883. The van der Waals surface area contributed by atoms with Crippen LogP contribution in [0.5, 0.6) is 0 Å². The van der Waals surface area contributed by atoms with Gasteiger partial charge < -0.3 is 4.90 Å². The van der Waals surface area contributed by atoms with Gasteiger partial charge in [0.25, 0.3) is 0 Å². The van der Waals surface area contributed by atoms with E-state index in [2.05, 4.69) is 11.6 Å². The maximum atomic E-state index is 12.9. The van der Waals surface area contributed by atoms with Crippen LogP contribution in [0.2, 0.25) is 0 Å². The maximum Gasteiger partial charge on any atom is 0.417 e. The fourth-order valence-electron chi connectivity index (χ4n) is 3.31. The molecule has 9 heteroatoms. The molecule has 1 aromatic carbocycles. The first-order valence-electron chi connectivity index (χ1n) is 9.78. The van der Waals surface area contributed by atoms with Crippen LogP contribution >= 0.6 is 0 Å². The molecule has 5 nitrogen and oxygen atoms in total. The lowest BCUT2D eigenvalue weighted by atomic mass is 10.1. The van der Waals surface area contributed by atoms with Crippen molar-refractivity contribution in [1.82, 2.24) is 9.21 Å². The number of halogens is 3. The second-order valence-electron chi connectivity index (χ2n) is 7.15. The number of sulfonamides is 1. The van der Waals surface area contributed by atoms with Gasteiger partial charge in [-0.05, 0) is 56.4 Å². The number of hydrogen-bond donors (Lipinski definition) is 0. The molecule has 0 bridgehead atoms. The predicted octanol–water partition coefficient (Wildman–Crippen LogP) is 4.17. The number of aryl methyl sites for hydroxylation is 2. The molecule has 166 valence electrons. The van der Waals surface area contributed by atoms with Crippen molar-refractivity contribution >= 4 is 15.9 Å². The normalized spacial score (nSPS) is 15.4. The first-order chi connectivity index (χ1) is 14.0. The average molecular weight is 444 g/mol. The number of nitrogens with zero attached hydrogens (tertiary/aromatic N) is 3. The summed E-state index contributed by atoms with van der Waals surface area (Å²) in [7, 11) is -2.14. The topological polar surface area (TPSA) is 53.0 Å². The Bertz CT molecular complexity index is 937. The first-order valence-corrected chi connectivity index (χ1v) is 11.2. The molecule has 0 radical (unpaired) electrons. The molecule has 0 N–H and O–H groups in total. The molecule has 0 saturated carbocycles. The van der Waals surface area contributed by atoms with Crippen molar-refractivity contribution in [3.05, 3.63) is 53.8 Å². The lowest BCUT2D eigenvalue weighted by Gasteiger charge is -2.25. The summed E-state index contributed by atoms with van der Waals surface area (Å²) in [5, 5.41) is 0. The number of hydrogen-bond acceptors (Lipinski definition) is 3. The molecular formula is C21H28F3N3O2S. The Morgan fingerprint density at radius 1 is 1.23 bits per heavy atom. The second kappa shape index (κ2) is 9.78. The summed E-state index contributed by atoms with van der Waals surface area (Å²) in [6.45, 7) is 7.54. The van der Waals surface area contributed by atoms with Crippen LogP contribution in [-0.2, 0) is 22.9 Å². The molecule has 1 aliphatic rings. The number of rotatable bonds is 8.